The second-order valence-corrected chi connectivity index (χ2v) is 9.46. The first-order valence-corrected chi connectivity index (χ1v) is 12.9. The highest BCUT2D eigenvalue weighted by Crippen LogP contribution is 2.22. The number of ether oxygens (including phenoxy) is 1. The van der Waals surface area contributed by atoms with E-state index in [1.165, 1.54) is 23.5 Å². The number of aryl methyl sites for hydroxylation is 1. The molecule has 1 aromatic heterocycles. The normalized spacial score (nSPS) is 19.6. The Morgan fingerprint density at radius 1 is 1.19 bits per heavy atom. The molecule has 7 nitrogen and oxygen atoms in total. The van der Waals surface area contributed by atoms with Crippen molar-refractivity contribution in [1.82, 2.24) is 20.1 Å². The van der Waals surface area contributed by atoms with Crippen LogP contribution in [0.1, 0.15) is 57.2 Å². The zero-order chi connectivity index (χ0) is 22.1. The van der Waals surface area contributed by atoms with Crippen molar-refractivity contribution in [3.8, 4) is 0 Å². The molecule has 174 valence electrons. The molecule has 2 aliphatic heterocycles. The van der Waals surface area contributed by atoms with Crippen LogP contribution in [0, 0.1) is 11.8 Å². The van der Waals surface area contributed by atoms with E-state index in [2.05, 4.69) is 34.3 Å². The third-order valence-electron chi connectivity index (χ3n) is 6.24. The van der Waals surface area contributed by atoms with Crippen LogP contribution >= 0.6 is 11.3 Å². The molecule has 0 aliphatic carbocycles. The van der Waals surface area contributed by atoms with E-state index in [9.17, 15) is 4.79 Å². The van der Waals surface area contributed by atoms with Gasteiger partial charge in [-0.05, 0) is 65.0 Å². The Morgan fingerprint density at radius 2 is 1.94 bits per heavy atom. The molecule has 3 rings (SSSR count). The Hall–Kier alpha value is -1.67. The lowest BCUT2D eigenvalue weighted by Crippen LogP contribution is -2.47. The molecule has 2 aliphatic rings. The number of aliphatic imine (C=N–C) groups is 1. The SMILES string of the molecule is CCNC(=NCC1CCN(Cc2csc(CC)n2)CC1)N1CCC(C(=O)OCC)CC1. The van der Waals surface area contributed by atoms with E-state index in [1.54, 1.807) is 11.3 Å². The third kappa shape index (κ3) is 7.17. The van der Waals surface area contributed by atoms with Gasteiger partial charge in [0.15, 0.2) is 5.96 Å². The Balaban J connectivity index is 1.44. The van der Waals surface area contributed by atoms with Gasteiger partial charge in [0.1, 0.15) is 0 Å². The van der Waals surface area contributed by atoms with Crippen LogP contribution in [0.25, 0.3) is 0 Å². The number of likely N-dealkylation sites (tertiary alicyclic amines) is 2. The number of guanidine groups is 1. The van der Waals surface area contributed by atoms with E-state index < -0.39 is 0 Å². The summed E-state index contributed by atoms with van der Waals surface area (Å²) >= 11 is 1.78. The average molecular weight is 450 g/mol. The Kier molecular flexibility index (Phi) is 9.58. The highest BCUT2D eigenvalue weighted by molar-refractivity contribution is 7.09. The van der Waals surface area contributed by atoms with Gasteiger partial charge in [0.2, 0.25) is 0 Å². The fourth-order valence-corrected chi connectivity index (χ4v) is 5.10. The number of nitrogens with zero attached hydrogens (tertiary/aromatic N) is 4. The van der Waals surface area contributed by atoms with Crippen LogP contribution in [-0.4, -0.2) is 72.6 Å². The topological polar surface area (TPSA) is 70.1 Å². The second-order valence-electron chi connectivity index (χ2n) is 8.51. The number of piperidine rings is 2. The molecule has 0 amide bonds. The number of carbonyl (C=O) groups excluding carboxylic acids is 1. The zero-order valence-corrected chi connectivity index (χ0v) is 20.3. The van der Waals surface area contributed by atoms with Crippen LogP contribution in [-0.2, 0) is 22.5 Å². The minimum atomic E-state index is -0.0422. The number of hydrogen-bond acceptors (Lipinski definition) is 6. The first-order valence-electron chi connectivity index (χ1n) is 12.0. The summed E-state index contributed by atoms with van der Waals surface area (Å²) in [5.41, 5.74) is 1.22. The molecule has 0 saturated carbocycles. The van der Waals surface area contributed by atoms with Gasteiger partial charge < -0.3 is 15.0 Å². The summed E-state index contributed by atoms with van der Waals surface area (Å²) in [5.74, 6) is 1.64. The number of rotatable bonds is 8. The highest BCUT2D eigenvalue weighted by Gasteiger charge is 2.27. The Morgan fingerprint density at radius 3 is 2.55 bits per heavy atom. The molecule has 31 heavy (non-hydrogen) atoms. The van der Waals surface area contributed by atoms with Gasteiger partial charge in [0.25, 0.3) is 0 Å². The smallest absolute Gasteiger partial charge is 0.309 e. The van der Waals surface area contributed by atoms with E-state index in [0.717, 1.165) is 71.0 Å². The van der Waals surface area contributed by atoms with Crippen molar-refractivity contribution >= 4 is 23.3 Å². The predicted molar refractivity (Wildman–Crippen MR) is 126 cm³/mol. The number of aromatic nitrogens is 1. The summed E-state index contributed by atoms with van der Waals surface area (Å²) in [6.45, 7) is 13.3. The van der Waals surface area contributed by atoms with Crippen LogP contribution in [0.3, 0.4) is 0 Å². The van der Waals surface area contributed by atoms with E-state index in [-0.39, 0.29) is 11.9 Å². The number of thiazole rings is 1. The van der Waals surface area contributed by atoms with Crippen molar-refractivity contribution in [2.24, 2.45) is 16.8 Å². The molecule has 0 spiro atoms. The van der Waals surface area contributed by atoms with Crippen molar-refractivity contribution in [2.75, 3.05) is 45.9 Å². The molecule has 0 aromatic carbocycles. The molecule has 1 aromatic rings. The number of carbonyl (C=O) groups is 1. The molecule has 0 radical (unpaired) electrons. The predicted octanol–water partition coefficient (Wildman–Crippen LogP) is 3.16. The minimum absolute atomic E-state index is 0.0366. The number of nitrogens with one attached hydrogen (secondary N) is 1. The lowest BCUT2D eigenvalue weighted by Gasteiger charge is -2.34. The fraction of sp³-hybridized carbons (Fsp3) is 0.783. The molecule has 8 heteroatoms. The van der Waals surface area contributed by atoms with E-state index >= 15 is 0 Å². The molecular formula is C23H39N5O2S. The first-order chi connectivity index (χ1) is 15.1. The van der Waals surface area contributed by atoms with Crippen molar-refractivity contribution in [3.05, 3.63) is 16.1 Å². The maximum Gasteiger partial charge on any atom is 0.309 e. The minimum Gasteiger partial charge on any atom is -0.466 e. The largest absolute Gasteiger partial charge is 0.466 e. The maximum atomic E-state index is 12.0. The van der Waals surface area contributed by atoms with E-state index in [4.69, 9.17) is 14.7 Å². The Bertz CT molecular complexity index is 707. The summed E-state index contributed by atoms with van der Waals surface area (Å²) < 4.78 is 5.19. The molecule has 1 N–H and O–H groups in total. The van der Waals surface area contributed by atoms with Crippen molar-refractivity contribution < 1.29 is 9.53 Å². The summed E-state index contributed by atoms with van der Waals surface area (Å²) in [6.07, 6.45) is 5.10. The summed E-state index contributed by atoms with van der Waals surface area (Å²) in [5, 5.41) is 6.90. The van der Waals surface area contributed by atoms with Gasteiger partial charge in [0, 0.05) is 38.1 Å². The summed E-state index contributed by atoms with van der Waals surface area (Å²) in [6, 6.07) is 0. The van der Waals surface area contributed by atoms with Gasteiger partial charge in [-0.1, -0.05) is 6.92 Å². The van der Waals surface area contributed by atoms with Gasteiger partial charge in [-0.25, -0.2) is 4.98 Å². The molecule has 0 bridgehead atoms. The molecule has 2 saturated heterocycles. The monoisotopic (exact) mass is 449 g/mol. The molecular weight excluding hydrogens is 410 g/mol. The van der Waals surface area contributed by atoms with Gasteiger partial charge in [0.05, 0.1) is 23.2 Å². The maximum absolute atomic E-state index is 12.0. The standard InChI is InChI=1S/C23H39N5O2S/c1-4-21-26-20(17-31-21)16-27-11-7-18(8-12-27)15-25-23(24-5-2)28-13-9-19(10-14-28)22(29)30-6-3/h17-19H,4-16H2,1-3H3,(H,24,25). The van der Waals surface area contributed by atoms with Crippen LogP contribution < -0.4 is 5.32 Å². The lowest BCUT2D eigenvalue weighted by molar-refractivity contribution is -0.149. The van der Waals surface area contributed by atoms with Gasteiger partial charge >= 0.3 is 5.97 Å². The quantitative estimate of drug-likeness (QED) is 0.373. The van der Waals surface area contributed by atoms with Crippen LogP contribution in [0.4, 0.5) is 0 Å². The van der Waals surface area contributed by atoms with Gasteiger partial charge in [-0.3, -0.25) is 14.7 Å². The lowest BCUT2D eigenvalue weighted by atomic mass is 9.96. The summed E-state index contributed by atoms with van der Waals surface area (Å²) in [7, 11) is 0. The number of hydrogen-bond donors (Lipinski definition) is 1. The molecule has 3 heterocycles. The first kappa shape index (κ1) is 24.0. The third-order valence-corrected chi connectivity index (χ3v) is 7.29. The van der Waals surface area contributed by atoms with Crippen molar-refractivity contribution in [3.63, 3.8) is 0 Å². The van der Waals surface area contributed by atoms with Crippen LogP contribution in [0.2, 0.25) is 0 Å². The zero-order valence-electron chi connectivity index (χ0n) is 19.4. The molecule has 0 atom stereocenters. The highest BCUT2D eigenvalue weighted by atomic mass is 32.1. The molecule has 0 unspecified atom stereocenters. The second kappa shape index (κ2) is 12.4. The fourth-order valence-electron chi connectivity index (χ4n) is 4.37. The average Bonchev–Trinajstić information content (AvgIpc) is 3.25. The van der Waals surface area contributed by atoms with E-state index in [0.29, 0.717) is 12.5 Å². The van der Waals surface area contributed by atoms with E-state index in [1.807, 2.05) is 6.92 Å². The van der Waals surface area contributed by atoms with Crippen molar-refractivity contribution in [2.45, 2.75) is 59.4 Å². The van der Waals surface area contributed by atoms with Crippen LogP contribution in [0.5, 0.6) is 0 Å². The van der Waals surface area contributed by atoms with Gasteiger partial charge in [-0.15, -0.1) is 11.3 Å². The van der Waals surface area contributed by atoms with Crippen LogP contribution in [0.15, 0.2) is 10.4 Å². The van der Waals surface area contributed by atoms with Gasteiger partial charge in [-0.2, -0.15) is 0 Å². The van der Waals surface area contributed by atoms with Crippen molar-refractivity contribution in [1.29, 1.82) is 0 Å². The molecule has 2 fully saturated rings. The Labute approximate surface area is 191 Å². The number of esters is 1. The summed E-state index contributed by atoms with van der Waals surface area (Å²) in [4.78, 5) is 26.5.